The quantitative estimate of drug-likeness (QED) is 0.758. The lowest BCUT2D eigenvalue weighted by Gasteiger charge is -2.34. The largest absolute Gasteiger partial charge is 0.351 e. The minimum absolute atomic E-state index is 0.00385. The molecule has 1 aliphatic rings. The predicted octanol–water partition coefficient (Wildman–Crippen LogP) is 3.47. The topological polar surface area (TPSA) is 56.4 Å². The van der Waals surface area contributed by atoms with Crippen LogP contribution >= 0.6 is 0 Å². The highest BCUT2D eigenvalue weighted by atomic mass is 19.1. The van der Waals surface area contributed by atoms with Crippen LogP contribution < -0.4 is 0 Å². The monoisotopic (exact) mass is 379 g/mol. The smallest absolute Gasteiger partial charge is 0.270 e. The zero-order valence-electron chi connectivity index (χ0n) is 15.7. The maximum absolute atomic E-state index is 13.4. The molecular formula is C22H22FN3O2. The van der Waals surface area contributed by atoms with E-state index in [1.54, 1.807) is 21.9 Å². The number of nitrogens with one attached hydrogen (secondary N) is 1. The molecule has 2 aromatic carbocycles. The minimum atomic E-state index is -0.329. The molecule has 3 aromatic rings. The summed E-state index contributed by atoms with van der Waals surface area (Å²) in [6, 6.07) is 13.8. The molecule has 0 atom stereocenters. The highest BCUT2D eigenvalue weighted by Crippen LogP contribution is 2.19. The van der Waals surface area contributed by atoms with Crippen LogP contribution in [0.5, 0.6) is 0 Å². The fourth-order valence-electron chi connectivity index (χ4n) is 3.57. The lowest BCUT2D eigenvalue weighted by molar-refractivity contribution is 0.0533. The summed E-state index contributed by atoms with van der Waals surface area (Å²) >= 11 is 0. The Morgan fingerprint density at radius 1 is 0.929 bits per heavy atom. The first-order valence-corrected chi connectivity index (χ1v) is 9.51. The van der Waals surface area contributed by atoms with Crippen molar-refractivity contribution >= 4 is 22.7 Å². The van der Waals surface area contributed by atoms with Gasteiger partial charge in [-0.2, -0.15) is 0 Å². The first-order chi connectivity index (χ1) is 13.5. The third-order valence-corrected chi connectivity index (χ3v) is 5.28. The molecule has 6 heteroatoms. The van der Waals surface area contributed by atoms with Gasteiger partial charge in [-0.15, -0.1) is 0 Å². The molecule has 1 N–H and O–H groups in total. The van der Waals surface area contributed by atoms with Crippen molar-refractivity contribution in [3.8, 4) is 0 Å². The van der Waals surface area contributed by atoms with Crippen LogP contribution in [0.3, 0.4) is 0 Å². The Kier molecular flexibility index (Phi) is 4.86. The summed E-state index contributed by atoms with van der Waals surface area (Å²) in [5.74, 6) is -0.462. The molecule has 1 saturated heterocycles. The van der Waals surface area contributed by atoms with E-state index < -0.39 is 0 Å². The van der Waals surface area contributed by atoms with E-state index in [1.807, 2.05) is 24.3 Å². The minimum Gasteiger partial charge on any atom is -0.351 e. The second-order valence-electron chi connectivity index (χ2n) is 7.05. The van der Waals surface area contributed by atoms with Gasteiger partial charge in [0.1, 0.15) is 11.5 Å². The summed E-state index contributed by atoms with van der Waals surface area (Å²) in [5, 5.41) is 0.674. The summed E-state index contributed by atoms with van der Waals surface area (Å²) < 4.78 is 13.4. The number of benzene rings is 2. The molecule has 1 fully saturated rings. The summed E-state index contributed by atoms with van der Waals surface area (Å²) in [7, 11) is 0. The normalized spacial score (nSPS) is 14.5. The standard InChI is InChI=1S/C22H22FN3O2/c1-2-15-3-5-16(6-4-15)21(27)25-9-11-26(12-10-25)22(28)20-14-17-13-18(23)7-8-19(17)24-20/h3-8,13-14,24H,2,9-12H2,1H3. The zero-order chi connectivity index (χ0) is 19.7. The molecule has 0 radical (unpaired) electrons. The average molecular weight is 379 g/mol. The molecule has 0 spiro atoms. The van der Waals surface area contributed by atoms with E-state index in [-0.39, 0.29) is 17.6 Å². The molecular weight excluding hydrogens is 357 g/mol. The second kappa shape index (κ2) is 7.46. The van der Waals surface area contributed by atoms with E-state index in [9.17, 15) is 14.0 Å². The third-order valence-electron chi connectivity index (χ3n) is 5.28. The van der Waals surface area contributed by atoms with Crippen molar-refractivity contribution in [2.75, 3.05) is 26.2 Å². The molecule has 28 heavy (non-hydrogen) atoms. The number of carbonyl (C=O) groups excluding carboxylic acids is 2. The van der Waals surface area contributed by atoms with Gasteiger partial charge in [0.25, 0.3) is 11.8 Å². The molecule has 2 amide bonds. The van der Waals surface area contributed by atoms with E-state index in [0.717, 1.165) is 11.9 Å². The Morgan fingerprint density at radius 2 is 1.57 bits per heavy atom. The number of carbonyl (C=O) groups is 2. The van der Waals surface area contributed by atoms with E-state index in [0.29, 0.717) is 42.8 Å². The molecule has 144 valence electrons. The van der Waals surface area contributed by atoms with Gasteiger partial charge in [0.2, 0.25) is 0 Å². The van der Waals surface area contributed by atoms with Crippen LogP contribution in [-0.2, 0) is 6.42 Å². The molecule has 0 saturated carbocycles. The first-order valence-electron chi connectivity index (χ1n) is 9.51. The van der Waals surface area contributed by atoms with Crippen LogP contribution in [0.4, 0.5) is 4.39 Å². The lowest BCUT2D eigenvalue weighted by atomic mass is 10.1. The van der Waals surface area contributed by atoms with Gasteiger partial charge < -0.3 is 14.8 Å². The number of aryl methyl sites for hydroxylation is 1. The van der Waals surface area contributed by atoms with Crippen LogP contribution in [0.15, 0.2) is 48.5 Å². The van der Waals surface area contributed by atoms with Gasteiger partial charge in [-0.05, 0) is 48.4 Å². The van der Waals surface area contributed by atoms with Gasteiger partial charge >= 0.3 is 0 Å². The Balaban J connectivity index is 1.41. The molecule has 5 nitrogen and oxygen atoms in total. The molecule has 1 aliphatic heterocycles. The maximum Gasteiger partial charge on any atom is 0.270 e. The number of aromatic nitrogens is 1. The van der Waals surface area contributed by atoms with Gasteiger partial charge in [-0.25, -0.2) is 4.39 Å². The van der Waals surface area contributed by atoms with Gasteiger partial charge in [-0.3, -0.25) is 9.59 Å². The summed E-state index contributed by atoms with van der Waals surface area (Å²) in [6.07, 6.45) is 0.940. The van der Waals surface area contributed by atoms with Gasteiger partial charge in [0.15, 0.2) is 0 Å². The number of halogens is 1. The molecule has 4 rings (SSSR count). The van der Waals surface area contributed by atoms with Gasteiger partial charge in [-0.1, -0.05) is 19.1 Å². The Morgan fingerprint density at radius 3 is 2.21 bits per heavy atom. The highest BCUT2D eigenvalue weighted by Gasteiger charge is 2.26. The second-order valence-corrected chi connectivity index (χ2v) is 7.05. The van der Waals surface area contributed by atoms with Crippen molar-refractivity contribution in [1.29, 1.82) is 0 Å². The van der Waals surface area contributed by atoms with Crippen LogP contribution in [0.1, 0.15) is 33.3 Å². The number of nitrogens with zero attached hydrogens (tertiary/aromatic N) is 2. The van der Waals surface area contributed by atoms with E-state index in [4.69, 9.17) is 0 Å². The summed E-state index contributed by atoms with van der Waals surface area (Å²) in [5.41, 5.74) is 3.05. The predicted molar refractivity (Wildman–Crippen MR) is 106 cm³/mol. The fourth-order valence-corrected chi connectivity index (χ4v) is 3.57. The number of amides is 2. The van der Waals surface area contributed by atoms with Crippen LogP contribution in [0.2, 0.25) is 0 Å². The Labute approximate surface area is 162 Å². The number of hydrogen-bond acceptors (Lipinski definition) is 2. The maximum atomic E-state index is 13.4. The Hall–Kier alpha value is -3.15. The van der Waals surface area contributed by atoms with Gasteiger partial charge in [0.05, 0.1) is 0 Å². The summed E-state index contributed by atoms with van der Waals surface area (Å²) in [6.45, 7) is 4.02. The average Bonchev–Trinajstić information content (AvgIpc) is 3.16. The van der Waals surface area contributed by atoms with Crippen molar-refractivity contribution in [1.82, 2.24) is 14.8 Å². The number of piperazine rings is 1. The van der Waals surface area contributed by atoms with Crippen molar-refractivity contribution in [2.45, 2.75) is 13.3 Å². The summed E-state index contributed by atoms with van der Waals surface area (Å²) in [4.78, 5) is 32.0. The van der Waals surface area contributed by atoms with Gasteiger partial charge in [0, 0.05) is 42.6 Å². The highest BCUT2D eigenvalue weighted by molar-refractivity contribution is 5.98. The number of aromatic amines is 1. The lowest BCUT2D eigenvalue weighted by Crippen LogP contribution is -2.50. The SMILES string of the molecule is CCc1ccc(C(=O)N2CCN(C(=O)c3cc4cc(F)ccc4[nH]3)CC2)cc1. The number of rotatable bonds is 3. The first kappa shape index (κ1) is 18.2. The molecule has 1 aromatic heterocycles. The fraction of sp³-hybridized carbons (Fsp3) is 0.273. The van der Waals surface area contributed by atoms with E-state index in [1.165, 1.54) is 17.7 Å². The number of H-pyrrole nitrogens is 1. The number of fused-ring (bicyclic) bond motifs is 1. The van der Waals surface area contributed by atoms with Crippen molar-refractivity contribution in [2.24, 2.45) is 0 Å². The van der Waals surface area contributed by atoms with E-state index in [2.05, 4.69) is 11.9 Å². The van der Waals surface area contributed by atoms with Crippen LogP contribution in [-0.4, -0.2) is 52.8 Å². The number of hydrogen-bond donors (Lipinski definition) is 1. The third kappa shape index (κ3) is 3.50. The Bertz CT molecular complexity index is 1020. The molecule has 0 bridgehead atoms. The molecule has 0 unspecified atom stereocenters. The van der Waals surface area contributed by atoms with Crippen molar-refractivity contribution in [3.05, 3.63) is 71.2 Å². The van der Waals surface area contributed by atoms with Crippen molar-refractivity contribution in [3.63, 3.8) is 0 Å². The molecule has 0 aliphatic carbocycles. The van der Waals surface area contributed by atoms with E-state index >= 15 is 0 Å². The van der Waals surface area contributed by atoms with Crippen LogP contribution in [0.25, 0.3) is 10.9 Å². The van der Waals surface area contributed by atoms with Crippen molar-refractivity contribution < 1.29 is 14.0 Å². The van der Waals surface area contributed by atoms with Crippen LogP contribution in [0, 0.1) is 5.82 Å². The zero-order valence-corrected chi connectivity index (χ0v) is 15.7. The molecule has 2 heterocycles.